The number of aliphatic hydroxyl groups is 1. The van der Waals surface area contributed by atoms with Crippen LogP contribution < -0.4 is 0 Å². The molecule has 0 saturated carbocycles. The molecule has 1 nitrogen and oxygen atoms in total. The van der Waals surface area contributed by atoms with Crippen LogP contribution in [0.2, 0.25) is 0 Å². The van der Waals surface area contributed by atoms with E-state index in [0.717, 1.165) is 36.0 Å². The summed E-state index contributed by atoms with van der Waals surface area (Å²) < 4.78 is 14.2. The van der Waals surface area contributed by atoms with Gasteiger partial charge in [0.25, 0.3) is 0 Å². The average Bonchev–Trinajstić information content (AvgIpc) is 2.55. The number of hydrogen-bond acceptors (Lipinski definition) is 1. The molecule has 0 aromatic heterocycles. The van der Waals surface area contributed by atoms with E-state index in [-0.39, 0.29) is 11.9 Å². The maximum Gasteiger partial charge on any atom is 0.131 e. The topological polar surface area (TPSA) is 20.2 Å². The Morgan fingerprint density at radius 1 is 1.17 bits per heavy atom. The molecule has 0 fully saturated rings. The molecular weight excluding hydrogens is 299 g/mol. The second-order valence-corrected chi connectivity index (χ2v) is 6.11. The summed E-state index contributed by atoms with van der Waals surface area (Å²) >= 11 is 0. The summed E-state index contributed by atoms with van der Waals surface area (Å²) in [5.74, 6) is -0.198. The number of halogens is 1. The first-order valence-electron chi connectivity index (χ1n) is 8.44. The minimum Gasteiger partial charge on any atom is -0.393 e. The first kappa shape index (κ1) is 18.2. The molecule has 0 bridgehead atoms. The summed E-state index contributed by atoms with van der Waals surface area (Å²) in [6, 6.07) is 13.2. The summed E-state index contributed by atoms with van der Waals surface area (Å²) in [6.45, 7) is 5.49. The van der Waals surface area contributed by atoms with Crippen LogP contribution in [0, 0.1) is 5.82 Å². The molecule has 2 heteroatoms. The Kier molecular flexibility index (Phi) is 6.95. The molecule has 0 aliphatic carbocycles. The van der Waals surface area contributed by atoms with Crippen molar-refractivity contribution in [2.75, 3.05) is 0 Å². The van der Waals surface area contributed by atoms with Crippen molar-refractivity contribution in [1.29, 1.82) is 0 Å². The lowest BCUT2D eigenvalue weighted by Gasteiger charge is -2.06. The number of unbranched alkanes of at least 4 members (excludes halogenated alkanes) is 1. The van der Waals surface area contributed by atoms with Crippen LogP contribution in [-0.4, -0.2) is 11.2 Å². The molecule has 0 aliphatic heterocycles. The number of benzene rings is 2. The molecule has 1 N–H and O–H groups in total. The van der Waals surface area contributed by atoms with Crippen LogP contribution in [0.15, 0.2) is 61.2 Å². The monoisotopic (exact) mass is 324 g/mol. The van der Waals surface area contributed by atoms with Crippen molar-refractivity contribution in [2.24, 2.45) is 0 Å². The van der Waals surface area contributed by atoms with Gasteiger partial charge in [-0.05, 0) is 55.4 Å². The van der Waals surface area contributed by atoms with E-state index in [1.165, 1.54) is 0 Å². The van der Waals surface area contributed by atoms with Gasteiger partial charge in [-0.1, -0.05) is 54.6 Å². The molecule has 0 heterocycles. The third-order valence-electron chi connectivity index (χ3n) is 3.94. The van der Waals surface area contributed by atoms with E-state index >= 15 is 0 Å². The van der Waals surface area contributed by atoms with E-state index in [0.29, 0.717) is 12.0 Å². The Balaban J connectivity index is 2.01. The average molecular weight is 324 g/mol. The maximum absolute atomic E-state index is 14.2. The van der Waals surface area contributed by atoms with E-state index in [4.69, 9.17) is 0 Å². The van der Waals surface area contributed by atoms with Crippen LogP contribution >= 0.6 is 0 Å². The lowest BCUT2D eigenvalue weighted by Crippen LogP contribution is -1.97. The Bertz CT molecular complexity index is 684. The standard InChI is InChI=1S/C22H25FO/c1-3-7-19-12-15-21(22(23)16-19)20-13-10-18(11-14-20)9-6-4-5-8-17(2)24/h3,6,9-17,24H,1,4-5,7-8H2,2H3/b9-6+. The van der Waals surface area contributed by atoms with Crippen molar-refractivity contribution >= 4 is 6.08 Å². The van der Waals surface area contributed by atoms with Crippen molar-refractivity contribution < 1.29 is 9.50 Å². The summed E-state index contributed by atoms with van der Waals surface area (Å²) in [4.78, 5) is 0. The van der Waals surface area contributed by atoms with Gasteiger partial charge in [-0.2, -0.15) is 0 Å². The van der Waals surface area contributed by atoms with Gasteiger partial charge >= 0.3 is 0 Å². The summed E-state index contributed by atoms with van der Waals surface area (Å²) in [6.07, 6.45) is 9.15. The highest BCUT2D eigenvalue weighted by Gasteiger charge is 2.05. The van der Waals surface area contributed by atoms with E-state index in [1.54, 1.807) is 12.1 Å². The van der Waals surface area contributed by atoms with E-state index in [9.17, 15) is 9.50 Å². The van der Waals surface area contributed by atoms with Gasteiger partial charge < -0.3 is 5.11 Å². The predicted molar refractivity (Wildman–Crippen MR) is 100 cm³/mol. The first-order chi connectivity index (χ1) is 11.6. The van der Waals surface area contributed by atoms with Crippen molar-refractivity contribution in [2.45, 2.75) is 38.7 Å². The molecule has 2 aromatic carbocycles. The SMILES string of the molecule is C=CCc1ccc(-c2ccc(/C=C/CCCC(C)O)cc2)c(F)c1. The molecule has 0 saturated heterocycles. The zero-order valence-corrected chi connectivity index (χ0v) is 14.2. The number of hydrogen-bond donors (Lipinski definition) is 1. The highest BCUT2D eigenvalue weighted by molar-refractivity contribution is 5.66. The minimum absolute atomic E-state index is 0.198. The molecular formula is C22H25FO. The van der Waals surface area contributed by atoms with E-state index < -0.39 is 0 Å². The lowest BCUT2D eigenvalue weighted by molar-refractivity contribution is 0.182. The molecule has 2 aromatic rings. The fourth-order valence-electron chi connectivity index (χ4n) is 2.61. The van der Waals surface area contributed by atoms with Crippen molar-refractivity contribution in [3.63, 3.8) is 0 Å². The second kappa shape index (κ2) is 9.19. The van der Waals surface area contributed by atoms with Gasteiger partial charge in [-0.25, -0.2) is 4.39 Å². The summed E-state index contributed by atoms with van der Waals surface area (Å²) in [7, 11) is 0. The third kappa shape index (κ3) is 5.47. The highest BCUT2D eigenvalue weighted by atomic mass is 19.1. The fourth-order valence-corrected chi connectivity index (χ4v) is 2.61. The normalized spacial score (nSPS) is 12.5. The molecule has 1 unspecified atom stereocenters. The van der Waals surface area contributed by atoms with Gasteiger partial charge in [0.2, 0.25) is 0 Å². The zero-order chi connectivity index (χ0) is 17.4. The molecule has 24 heavy (non-hydrogen) atoms. The van der Waals surface area contributed by atoms with Gasteiger partial charge in [0.1, 0.15) is 5.82 Å². The highest BCUT2D eigenvalue weighted by Crippen LogP contribution is 2.24. The van der Waals surface area contributed by atoms with Crippen LogP contribution in [0.25, 0.3) is 17.2 Å². The lowest BCUT2D eigenvalue weighted by atomic mass is 10.0. The smallest absolute Gasteiger partial charge is 0.131 e. The number of aliphatic hydroxyl groups excluding tert-OH is 1. The Morgan fingerprint density at radius 2 is 1.92 bits per heavy atom. The van der Waals surface area contributed by atoms with Gasteiger partial charge in [0.05, 0.1) is 6.10 Å². The zero-order valence-electron chi connectivity index (χ0n) is 14.2. The third-order valence-corrected chi connectivity index (χ3v) is 3.94. The molecule has 0 spiro atoms. The minimum atomic E-state index is -0.231. The molecule has 0 amide bonds. The van der Waals surface area contributed by atoms with Gasteiger partial charge in [-0.15, -0.1) is 6.58 Å². The molecule has 1 atom stereocenters. The van der Waals surface area contributed by atoms with Gasteiger partial charge in [0, 0.05) is 5.56 Å². The van der Waals surface area contributed by atoms with Crippen LogP contribution in [0.5, 0.6) is 0 Å². The van der Waals surface area contributed by atoms with E-state index in [1.807, 2.05) is 43.3 Å². The molecule has 2 rings (SSSR count). The number of allylic oxidation sites excluding steroid dienone is 2. The Morgan fingerprint density at radius 3 is 2.54 bits per heavy atom. The van der Waals surface area contributed by atoms with Crippen LogP contribution in [-0.2, 0) is 6.42 Å². The van der Waals surface area contributed by atoms with Crippen LogP contribution in [0.1, 0.15) is 37.3 Å². The largest absolute Gasteiger partial charge is 0.393 e. The van der Waals surface area contributed by atoms with Gasteiger partial charge in [0.15, 0.2) is 0 Å². The molecule has 0 aliphatic rings. The summed E-state index contributed by atoms with van der Waals surface area (Å²) in [5.41, 5.74) is 3.53. The molecule has 126 valence electrons. The predicted octanol–water partition coefficient (Wildman–Crippen LogP) is 5.79. The van der Waals surface area contributed by atoms with Crippen molar-refractivity contribution in [3.8, 4) is 11.1 Å². The van der Waals surface area contributed by atoms with Crippen molar-refractivity contribution in [1.82, 2.24) is 0 Å². The van der Waals surface area contributed by atoms with E-state index in [2.05, 4.69) is 18.7 Å². The second-order valence-electron chi connectivity index (χ2n) is 6.11. The molecule has 0 radical (unpaired) electrons. The quantitative estimate of drug-likeness (QED) is 0.481. The Hall–Kier alpha value is -2.19. The first-order valence-corrected chi connectivity index (χ1v) is 8.44. The number of rotatable bonds is 8. The van der Waals surface area contributed by atoms with Crippen LogP contribution in [0.4, 0.5) is 4.39 Å². The summed E-state index contributed by atoms with van der Waals surface area (Å²) in [5, 5.41) is 9.22. The van der Waals surface area contributed by atoms with Gasteiger partial charge in [-0.3, -0.25) is 0 Å². The Labute approximate surface area is 144 Å². The fraction of sp³-hybridized carbons (Fsp3) is 0.273. The van der Waals surface area contributed by atoms with Crippen molar-refractivity contribution in [3.05, 3.63) is 78.1 Å². The maximum atomic E-state index is 14.2. The van der Waals surface area contributed by atoms with Crippen LogP contribution in [0.3, 0.4) is 0 Å².